The minimum Gasteiger partial charge on any atom is -0.378 e. The summed E-state index contributed by atoms with van der Waals surface area (Å²) < 4.78 is 0. The van der Waals surface area contributed by atoms with Gasteiger partial charge < -0.3 is 5.73 Å². The first-order valence-electron chi connectivity index (χ1n) is 7.94. The van der Waals surface area contributed by atoms with Crippen LogP contribution in [0.5, 0.6) is 0 Å². The fourth-order valence-corrected chi connectivity index (χ4v) is 3.31. The molecule has 0 amide bonds. The van der Waals surface area contributed by atoms with Gasteiger partial charge in [0, 0.05) is 4.90 Å². The normalized spacial score (nSPS) is 11.8. The molecule has 0 atom stereocenters. The van der Waals surface area contributed by atoms with Crippen molar-refractivity contribution in [1.82, 2.24) is 4.98 Å². The van der Waals surface area contributed by atoms with Gasteiger partial charge in [0.15, 0.2) is 16.2 Å². The van der Waals surface area contributed by atoms with Crippen molar-refractivity contribution in [1.29, 1.82) is 0 Å². The van der Waals surface area contributed by atoms with E-state index in [9.17, 15) is 0 Å². The maximum Gasteiger partial charge on any atom is 0.240 e. The Bertz CT molecular complexity index is 1020. The monoisotopic (exact) mass is 345 g/mol. The maximum absolute atomic E-state index is 6.04. The molecular weight excluding hydrogens is 328 g/mol. The van der Waals surface area contributed by atoms with Crippen LogP contribution >= 0.6 is 11.8 Å². The van der Waals surface area contributed by atoms with Gasteiger partial charge >= 0.3 is 0 Å². The first kappa shape index (κ1) is 15.5. The first-order chi connectivity index (χ1) is 12.3. The van der Waals surface area contributed by atoms with Crippen molar-refractivity contribution >= 4 is 33.7 Å². The van der Waals surface area contributed by atoms with Crippen molar-refractivity contribution < 1.29 is 4.98 Å². The van der Waals surface area contributed by atoms with E-state index in [1.807, 2.05) is 36.7 Å². The summed E-state index contributed by atoms with van der Waals surface area (Å²) in [6.45, 7) is 0. The summed E-state index contributed by atoms with van der Waals surface area (Å²) in [6, 6.07) is 24.4. The van der Waals surface area contributed by atoms with Gasteiger partial charge in [-0.2, -0.15) is 0 Å². The fraction of sp³-hybridized carbons (Fsp3) is 0. The molecule has 0 spiro atoms. The maximum atomic E-state index is 6.04. The minimum atomic E-state index is 0.530. The number of imidazole rings is 1. The molecule has 4 aromatic rings. The second-order valence-electron chi connectivity index (χ2n) is 5.61. The molecule has 5 heteroatoms. The highest BCUT2D eigenvalue weighted by atomic mass is 32.2. The lowest BCUT2D eigenvalue weighted by Gasteiger charge is -2.04. The van der Waals surface area contributed by atoms with E-state index in [1.165, 1.54) is 22.9 Å². The molecule has 1 heterocycles. The molecule has 4 N–H and O–H groups in total. The van der Waals surface area contributed by atoms with Crippen molar-refractivity contribution in [3.05, 3.63) is 79.1 Å². The van der Waals surface area contributed by atoms with Gasteiger partial charge in [-0.3, -0.25) is 0 Å². The number of aromatic nitrogens is 2. The Balaban J connectivity index is 1.52. The highest BCUT2D eigenvalue weighted by molar-refractivity contribution is 8.13. The zero-order chi connectivity index (χ0) is 17.1. The summed E-state index contributed by atoms with van der Waals surface area (Å²) in [5.41, 5.74) is 11.4. The van der Waals surface area contributed by atoms with Gasteiger partial charge in [-0.15, -0.1) is 0 Å². The van der Waals surface area contributed by atoms with Gasteiger partial charge in [0.2, 0.25) is 6.33 Å². The third kappa shape index (κ3) is 3.56. The lowest BCUT2D eigenvalue weighted by molar-refractivity contribution is -0.344. The summed E-state index contributed by atoms with van der Waals surface area (Å²) in [5.74, 6) is 0. The molecule has 4 nitrogen and oxygen atoms in total. The Morgan fingerprint density at radius 1 is 0.920 bits per heavy atom. The molecule has 0 saturated heterocycles. The van der Waals surface area contributed by atoms with E-state index in [0.29, 0.717) is 5.17 Å². The van der Waals surface area contributed by atoms with Crippen LogP contribution in [0.25, 0.3) is 22.2 Å². The Labute approximate surface area is 149 Å². The van der Waals surface area contributed by atoms with Crippen LogP contribution in [0.2, 0.25) is 0 Å². The van der Waals surface area contributed by atoms with Crippen LogP contribution < -0.4 is 10.7 Å². The number of thioether (sulfide) groups is 1. The first-order valence-corrected chi connectivity index (χ1v) is 8.76. The van der Waals surface area contributed by atoms with Crippen molar-refractivity contribution in [2.24, 2.45) is 10.7 Å². The molecular formula is C20H17N4S+. The second kappa shape index (κ2) is 6.83. The summed E-state index contributed by atoms with van der Waals surface area (Å²) in [7, 11) is 0. The van der Waals surface area contributed by atoms with Crippen molar-refractivity contribution in [2.45, 2.75) is 4.90 Å². The lowest BCUT2D eigenvalue weighted by Crippen LogP contribution is -2.05. The zero-order valence-electron chi connectivity index (χ0n) is 13.4. The van der Waals surface area contributed by atoms with E-state index in [4.69, 9.17) is 5.73 Å². The van der Waals surface area contributed by atoms with Crippen LogP contribution in [0.1, 0.15) is 0 Å². The van der Waals surface area contributed by atoms with Crippen LogP contribution in [0.3, 0.4) is 0 Å². The summed E-state index contributed by atoms with van der Waals surface area (Å²) in [4.78, 5) is 11.8. The molecule has 0 aliphatic heterocycles. The van der Waals surface area contributed by atoms with Crippen LogP contribution in [0, 0.1) is 0 Å². The quantitative estimate of drug-likeness (QED) is 0.328. The number of nitrogens with zero attached hydrogens (tertiary/aromatic N) is 1. The number of nitrogens with two attached hydrogens (primary N) is 1. The number of H-pyrrole nitrogens is 2. The highest BCUT2D eigenvalue weighted by Gasteiger charge is 2.05. The fourth-order valence-electron chi connectivity index (χ4n) is 2.65. The minimum absolute atomic E-state index is 0.530. The van der Waals surface area contributed by atoms with E-state index in [0.717, 1.165) is 21.6 Å². The number of aliphatic imine (C=N–C) groups is 1. The topological polar surface area (TPSA) is 68.3 Å². The molecule has 1 aromatic heterocycles. The van der Waals surface area contributed by atoms with Gasteiger partial charge in [0.25, 0.3) is 0 Å². The second-order valence-corrected chi connectivity index (χ2v) is 6.70. The van der Waals surface area contributed by atoms with Crippen molar-refractivity contribution in [3.63, 3.8) is 0 Å². The molecule has 0 radical (unpaired) electrons. The van der Waals surface area contributed by atoms with Crippen molar-refractivity contribution in [2.75, 3.05) is 0 Å². The summed E-state index contributed by atoms with van der Waals surface area (Å²) >= 11 is 1.46. The average molecular weight is 345 g/mol. The van der Waals surface area contributed by atoms with Crippen LogP contribution in [0.4, 0.5) is 5.69 Å². The molecule has 0 unspecified atom stereocenters. The van der Waals surface area contributed by atoms with Gasteiger partial charge in [0.1, 0.15) is 0 Å². The van der Waals surface area contributed by atoms with Crippen LogP contribution in [-0.2, 0) is 0 Å². The van der Waals surface area contributed by atoms with E-state index in [2.05, 4.69) is 57.4 Å². The molecule has 4 rings (SSSR count). The van der Waals surface area contributed by atoms with Gasteiger partial charge in [-0.05, 0) is 53.6 Å². The molecule has 0 aliphatic carbocycles. The number of amidine groups is 1. The highest BCUT2D eigenvalue weighted by Crippen LogP contribution is 2.26. The average Bonchev–Trinajstić information content (AvgIpc) is 3.11. The van der Waals surface area contributed by atoms with Crippen molar-refractivity contribution in [3.8, 4) is 11.1 Å². The zero-order valence-corrected chi connectivity index (χ0v) is 14.3. The number of hydrogen-bond acceptors (Lipinski definition) is 2. The van der Waals surface area contributed by atoms with E-state index in [-0.39, 0.29) is 0 Å². The Morgan fingerprint density at radius 3 is 2.48 bits per heavy atom. The third-order valence-electron chi connectivity index (χ3n) is 3.88. The molecule has 0 bridgehead atoms. The number of aromatic amines is 2. The Kier molecular flexibility index (Phi) is 4.23. The van der Waals surface area contributed by atoms with Crippen LogP contribution in [-0.4, -0.2) is 10.2 Å². The Morgan fingerprint density at radius 2 is 1.68 bits per heavy atom. The van der Waals surface area contributed by atoms with E-state index < -0.39 is 0 Å². The molecule has 25 heavy (non-hydrogen) atoms. The number of rotatable bonds is 3. The van der Waals surface area contributed by atoms with E-state index in [1.54, 1.807) is 0 Å². The lowest BCUT2D eigenvalue weighted by atomic mass is 10.1. The molecule has 122 valence electrons. The van der Waals surface area contributed by atoms with Gasteiger partial charge in [-0.25, -0.2) is 15.0 Å². The number of hydrogen-bond donors (Lipinski definition) is 2. The Hall–Kier alpha value is -3.05. The van der Waals surface area contributed by atoms with Crippen LogP contribution in [0.15, 0.2) is 89.0 Å². The van der Waals surface area contributed by atoms with E-state index >= 15 is 0 Å². The number of nitrogens with one attached hydrogen (secondary N) is 2. The standard InChI is InChI=1S/C20H16N4S/c21-20(24-16-4-2-1-3-5-16)25-17-9-6-14(7-10-17)15-8-11-18-19(12-15)23-13-22-18/h1-13H,(H2,21,24)(H,22,23)/p+1. The number of fused-ring (bicyclic) bond motifs is 1. The largest absolute Gasteiger partial charge is 0.378 e. The number of benzene rings is 3. The smallest absolute Gasteiger partial charge is 0.240 e. The predicted octanol–water partition coefficient (Wildman–Crippen LogP) is 4.39. The molecule has 0 aliphatic rings. The summed E-state index contributed by atoms with van der Waals surface area (Å²) in [6.07, 6.45) is 1.84. The molecule has 3 aromatic carbocycles. The van der Waals surface area contributed by atoms with Gasteiger partial charge in [-0.1, -0.05) is 42.1 Å². The molecule has 0 saturated carbocycles. The predicted molar refractivity (Wildman–Crippen MR) is 104 cm³/mol. The third-order valence-corrected chi connectivity index (χ3v) is 4.69. The molecule has 0 fully saturated rings. The van der Waals surface area contributed by atoms with Gasteiger partial charge in [0.05, 0.1) is 5.69 Å². The SMILES string of the molecule is NC(=Nc1ccccc1)Sc1ccc(-c2ccc3[nH+]c[nH]c3c2)cc1. The summed E-state index contributed by atoms with van der Waals surface area (Å²) in [5, 5.41) is 0.530. The number of para-hydroxylation sites is 1.